The summed E-state index contributed by atoms with van der Waals surface area (Å²) in [6, 6.07) is 0.989. The Morgan fingerprint density at radius 1 is 1.24 bits per heavy atom. The summed E-state index contributed by atoms with van der Waals surface area (Å²) < 4.78 is 5.61. The molecule has 0 bridgehead atoms. The van der Waals surface area contributed by atoms with Crippen molar-refractivity contribution in [3.63, 3.8) is 0 Å². The first-order chi connectivity index (χ1) is 8.31. The lowest BCUT2D eigenvalue weighted by Crippen LogP contribution is -2.46. The van der Waals surface area contributed by atoms with E-state index in [1.807, 2.05) is 0 Å². The molecule has 100 valence electrons. The average molecular weight is 241 g/mol. The highest BCUT2D eigenvalue weighted by Gasteiger charge is 2.30. The number of nitrogens with one attached hydrogen (secondary N) is 1. The molecule has 0 amide bonds. The van der Waals surface area contributed by atoms with Crippen molar-refractivity contribution in [2.24, 2.45) is 5.92 Å². The van der Waals surface area contributed by atoms with Crippen molar-refractivity contribution in [3.05, 3.63) is 0 Å². The van der Waals surface area contributed by atoms with Crippen LogP contribution in [-0.4, -0.2) is 36.5 Å². The molecule has 2 N–H and O–H groups in total. The van der Waals surface area contributed by atoms with Crippen molar-refractivity contribution in [1.29, 1.82) is 0 Å². The van der Waals surface area contributed by atoms with Crippen LogP contribution in [0.25, 0.3) is 0 Å². The van der Waals surface area contributed by atoms with E-state index >= 15 is 0 Å². The lowest BCUT2D eigenvalue weighted by atomic mass is 9.82. The molecule has 0 aromatic carbocycles. The third-order valence-corrected chi connectivity index (χ3v) is 4.46. The van der Waals surface area contributed by atoms with Gasteiger partial charge in [-0.25, -0.2) is 0 Å². The van der Waals surface area contributed by atoms with Gasteiger partial charge in [0.15, 0.2) is 0 Å². The minimum atomic E-state index is 0.302. The SMILES string of the molecule is CC1OCCC1NC(CCO)C1CCCCC1. The fourth-order valence-electron chi connectivity index (χ4n) is 3.36. The van der Waals surface area contributed by atoms with Crippen LogP contribution < -0.4 is 5.32 Å². The summed E-state index contributed by atoms with van der Waals surface area (Å²) in [4.78, 5) is 0. The molecule has 3 heteroatoms. The molecule has 0 aromatic heterocycles. The Bertz CT molecular complexity index is 216. The van der Waals surface area contributed by atoms with E-state index in [1.54, 1.807) is 0 Å². The molecular weight excluding hydrogens is 214 g/mol. The molecule has 3 nitrogen and oxygen atoms in total. The smallest absolute Gasteiger partial charge is 0.0700 e. The van der Waals surface area contributed by atoms with Gasteiger partial charge in [0.25, 0.3) is 0 Å². The van der Waals surface area contributed by atoms with Gasteiger partial charge in [-0.3, -0.25) is 0 Å². The maximum atomic E-state index is 9.24. The van der Waals surface area contributed by atoms with Gasteiger partial charge >= 0.3 is 0 Å². The highest BCUT2D eigenvalue weighted by Crippen LogP contribution is 2.28. The van der Waals surface area contributed by atoms with E-state index in [0.717, 1.165) is 25.4 Å². The lowest BCUT2D eigenvalue weighted by molar-refractivity contribution is 0.104. The lowest BCUT2D eigenvalue weighted by Gasteiger charge is -2.33. The van der Waals surface area contributed by atoms with Gasteiger partial charge in [0.2, 0.25) is 0 Å². The number of hydrogen-bond acceptors (Lipinski definition) is 3. The molecule has 3 atom stereocenters. The van der Waals surface area contributed by atoms with Crippen molar-refractivity contribution >= 4 is 0 Å². The van der Waals surface area contributed by atoms with Crippen LogP contribution >= 0.6 is 0 Å². The second-order valence-corrected chi connectivity index (χ2v) is 5.65. The minimum absolute atomic E-state index is 0.302. The van der Waals surface area contributed by atoms with Gasteiger partial charge < -0.3 is 15.2 Å². The Kier molecular flexibility index (Phi) is 5.26. The Labute approximate surface area is 105 Å². The Balaban J connectivity index is 1.86. The summed E-state index contributed by atoms with van der Waals surface area (Å²) >= 11 is 0. The second-order valence-electron chi connectivity index (χ2n) is 5.65. The molecule has 1 saturated carbocycles. The summed E-state index contributed by atoms with van der Waals surface area (Å²) in [5.41, 5.74) is 0. The first kappa shape index (κ1) is 13.3. The van der Waals surface area contributed by atoms with Crippen molar-refractivity contribution in [2.45, 2.75) is 70.1 Å². The highest BCUT2D eigenvalue weighted by molar-refractivity contribution is 4.87. The van der Waals surface area contributed by atoms with Crippen molar-refractivity contribution in [2.75, 3.05) is 13.2 Å². The molecule has 1 aliphatic heterocycles. The molecule has 0 spiro atoms. The standard InChI is InChI=1S/C14H27NO2/c1-11-13(8-10-17-11)15-14(7-9-16)12-5-3-2-4-6-12/h11-16H,2-10H2,1H3. The predicted octanol–water partition coefficient (Wildman–Crippen LogP) is 2.08. The van der Waals surface area contributed by atoms with E-state index in [4.69, 9.17) is 4.74 Å². The minimum Gasteiger partial charge on any atom is -0.396 e. The molecule has 0 radical (unpaired) electrons. The summed E-state index contributed by atoms with van der Waals surface area (Å²) in [5.74, 6) is 0.767. The molecule has 1 aliphatic carbocycles. The number of aliphatic hydroxyl groups excluding tert-OH is 1. The van der Waals surface area contributed by atoms with Gasteiger partial charge in [0.05, 0.1) is 6.10 Å². The average Bonchev–Trinajstić information content (AvgIpc) is 2.76. The van der Waals surface area contributed by atoms with Gasteiger partial charge in [0.1, 0.15) is 0 Å². The van der Waals surface area contributed by atoms with Gasteiger partial charge in [0, 0.05) is 25.3 Å². The molecule has 0 aromatic rings. The van der Waals surface area contributed by atoms with Gasteiger partial charge in [-0.1, -0.05) is 19.3 Å². The van der Waals surface area contributed by atoms with E-state index in [9.17, 15) is 5.11 Å². The third kappa shape index (κ3) is 3.67. The van der Waals surface area contributed by atoms with Crippen LogP contribution in [0.4, 0.5) is 0 Å². The quantitative estimate of drug-likeness (QED) is 0.774. The number of ether oxygens (including phenoxy) is 1. The van der Waals surface area contributed by atoms with Crippen LogP contribution in [0, 0.1) is 5.92 Å². The summed E-state index contributed by atoms with van der Waals surface area (Å²) in [6.07, 6.45) is 9.14. The van der Waals surface area contributed by atoms with Gasteiger partial charge in [-0.05, 0) is 38.5 Å². The van der Waals surface area contributed by atoms with Crippen LogP contribution in [-0.2, 0) is 4.74 Å². The zero-order chi connectivity index (χ0) is 12.1. The molecular formula is C14H27NO2. The maximum Gasteiger partial charge on any atom is 0.0700 e. The summed E-state index contributed by atoms with van der Waals surface area (Å²) in [7, 11) is 0. The first-order valence-electron chi connectivity index (χ1n) is 7.29. The van der Waals surface area contributed by atoms with Crippen molar-refractivity contribution in [1.82, 2.24) is 5.32 Å². The topological polar surface area (TPSA) is 41.5 Å². The Hall–Kier alpha value is -0.120. The van der Waals surface area contributed by atoms with Crippen LogP contribution in [0.2, 0.25) is 0 Å². The van der Waals surface area contributed by atoms with E-state index in [-0.39, 0.29) is 0 Å². The van der Waals surface area contributed by atoms with Gasteiger partial charge in [-0.2, -0.15) is 0 Å². The summed E-state index contributed by atoms with van der Waals surface area (Å²) in [5, 5.41) is 13.0. The van der Waals surface area contributed by atoms with Crippen molar-refractivity contribution < 1.29 is 9.84 Å². The normalized spacial score (nSPS) is 32.8. The number of aliphatic hydroxyl groups is 1. The van der Waals surface area contributed by atoms with Gasteiger partial charge in [-0.15, -0.1) is 0 Å². The molecule has 3 unspecified atom stereocenters. The monoisotopic (exact) mass is 241 g/mol. The predicted molar refractivity (Wildman–Crippen MR) is 69.0 cm³/mol. The molecule has 2 aliphatic rings. The highest BCUT2D eigenvalue weighted by atomic mass is 16.5. The van der Waals surface area contributed by atoms with E-state index in [0.29, 0.717) is 24.8 Å². The van der Waals surface area contributed by atoms with Crippen LogP contribution in [0.15, 0.2) is 0 Å². The number of rotatable bonds is 5. The van der Waals surface area contributed by atoms with E-state index in [1.165, 1.54) is 32.1 Å². The van der Waals surface area contributed by atoms with E-state index < -0.39 is 0 Å². The summed E-state index contributed by atoms with van der Waals surface area (Å²) in [6.45, 7) is 3.34. The molecule has 17 heavy (non-hydrogen) atoms. The molecule has 1 saturated heterocycles. The fourth-order valence-corrected chi connectivity index (χ4v) is 3.36. The Morgan fingerprint density at radius 3 is 2.59 bits per heavy atom. The third-order valence-electron chi connectivity index (χ3n) is 4.46. The number of hydrogen-bond donors (Lipinski definition) is 2. The van der Waals surface area contributed by atoms with Crippen LogP contribution in [0.3, 0.4) is 0 Å². The zero-order valence-corrected chi connectivity index (χ0v) is 11.0. The van der Waals surface area contributed by atoms with Crippen LogP contribution in [0.5, 0.6) is 0 Å². The molecule has 2 rings (SSSR count). The van der Waals surface area contributed by atoms with E-state index in [2.05, 4.69) is 12.2 Å². The largest absolute Gasteiger partial charge is 0.396 e. The first-order valence-corrected chi connectivity index (χ1v) is 7.29. The van der Waals surface area contributed by atoms with Crippen molar-refractivity contribution in [3.8, 4) is 0 Å². The maximum absolute atomic E-state index is 9.24. The molecule has 1 heterocycles. The zero-order valence-electron chi connectivity index (χ0n) is 11.0. The van der Waals surface area contributed by atoms with Crippen LogP contribution in [0.1, 0.15) is 51.9 Å². The Morgan fingerprint density at radius 2 is 2.00 bits per heavy atom. The second kappa shape index (κ2) is 6.72. The fraction of sp³-hybridized carbons (Fsp3) is 1.00. The molecule has 2 fully saturated rings.